The van der Waals surface area contributed by atoms with Crippen molar-refractivity contribution in [3.63, 3.8) is 0 Å². The number of aromatic nitrogens is 1. The quantitative estimate of drug-likeness (QED) is 0.724. The molecule has 0 N–H and O–H groups in total. The molecule has 0 saturated heterocycles. The third-order valence-electron chi connectivity index (χ3n) is 2.36. The normalized spacial score (nSPS) is 10.4. The summed E-state index contributed by atoms with van der Waals surface area (Å²) in [6, 6.07) is 7.10. The Hall–Kier alpha value is -0.960. The molecule has 1 aromatic carbocycles. The molecule has 0 aliphatic carbocycles. The Labute approximate surface area is 120 Å². The Morgan fingerprint density at radius 1 is 1.17 bits per heavy atom. The standard InChI is InChI=1S/C13H10Cl3NO/c1-8-4-10(2-3-11(8)15)18-13-12(16)5-9(6-14)7-17-13/h2-5,7H,6H2,1H3. The number of alkyl halides is 1. The van der Waals surface area contributed by atoms with Crippen LogP contribution in [0.1, 0.15) is 11.1 Å². The van der Waals surface area contributed by atoms with Gasteiger partial charge in [-0.2, -0.15) is 0 Å². The van der Waals surface area contributed by atoms with Gasteiger partial charge in [-0.05, 0) is 42.3 Å². The van der Waals surface area contributed by atoms with Crippen molar-refractivity contribution < 1.29 is 4.74 Å². The van der Waals surface area contributed by atoms with Crippen LogP contribution in [0.5, 0.6) is 11.6 Å². The first-order valence-electron chi connectivity index (χ1n) is 5.24. The van der Waals surface area contributed by atoms with Crippen molar-refractivity contribution in [1.29, 1.82) is 0 Å². The van der Waals surface area contributed by atoms with Gasteiger partial charge in [-0.1, -0.05) is 23.2 Å². The molecule has 0 saturated carbocycles. The fourth-order valence-electron chi connectivity index (χ4n) is 1.41. The molecule has 0 unspecified atom stereocenters. The van der Waals surface area contributed by atoms with Gasteiger partial charge in [-0.25, -0.2) is 4.98 Å². The van der Waals surface area contributed by atoms with Gasteiger partial charge in [0.05, 0.1) is 0 Å². The second kappa shape index (κ2) is 5.79. The lowest BCUT2D eigenvalue weighted by Gasteiger charge is -2.08. The van der Waals surface area contributed by atoms with E-state index in [4.69, 9.17) is 39.5 Å². The van der Waals surface area contributed by atoms with Crippen molar-refractivity contribution in [1.82, 2.24) is 4.98 Å². The Morgan fingerprint density at radius 3 is 2.56 bits per heavy atom. The van der Waals surface area contributed by atoms with Gasteiger partial charge in [0.15, 0.2) is 0 Å². The first-order valence-corrected chi connectivity index (χ1v) is 6.53. The zero-order valence-electron chi connectivity index (χ0n) is 9.58. The van der Waals surface area contributed by atoms with E-state index < -0.39 is 0 Å². The second-order valence-electron chi connectivity index (χ2n) is 3.78. The third-order valence-corrected chi connectivity index (χ3v) is 3.37. The third kappa shape index (κ3) is 3.08. The zero-order chi connectivity index (χ0) is 13.1. The highest BCUT2D eigenvalue weighted by Crippen LogP contribution is 2.29. The average molecular weight is 303 g/mol. The summed E-state index contributed by atoms with van der Waals surface area (Å²) in [6.45, 7) is 1.90. The Bertz CT molecular complexity index is 572. The topological polar surface area (TPSA) is 22.1 Å². The van der Waals surface area contributed by atoms with Crippen LogP contribution < -0.4 is 4.74 Å². The summed E-state index contributed by atoms with van der Waals surface area (Å²) in [5.41, 5.74) is 1.78. The summed E-state index contributed by atoms with van der Waals surface area (Å²) in [7, 11) is 0. The number of benzene rings is 1. The SMILES string of the molecule is Cc1cc(Oc2ncc(CCl)cc2Cl)ccc1Cl. The molecule has 0 atom stereocenters. The molecule has 1 aromatic heterocycles. The molecule has 94 valence electrons. The molecule has 0 aliphatic rings. The maximum Gasteiger partial charge on any atom is 0.238 e. The molecule has 0 spiro atoms. The Kier molecular flexibility index (Phi) is 4.33. The molecule has 1 heterocycles. The molecule has 0 amide bonds. The predicted molar refractivity (Wildman–Crippen MR) is 75.1 cm³/mol. The molecule has 5 heteroatoms. The van der Waals surface area contributed by atoms with Crippen molar-refractivity contribution in [2.75, 3.05) is 0 Å². The van der Waals surface area contributed by atoms with Crippen LogP contribution in [0.2, 0.25) is 10.0 Å². The highest BCUT2D eigenvalue weighted by molar-refractivity contribution is 6.32. The smallest absolute Gasteiger partial charge is 0.238 e. The number of hydrogen-bond donors (Lipinski definition) is 0. The number of rotatable bonds is 3. The highest BCUT2D eigenvalue weighted by Gasteiger charge is 2.07. The fourth-order valence-corrected chi connectivity index (χ4v) is 1.90. The first kappa shape index (κ1) is 13.5. The van der Waals surface area contributed by atoms with Crippen LogP contribution in [0.25, 0.3) is 0 Å². The monoisotopic (exact) mass is 301 g/mol. The van der Waals surface area contributed by atoms with Crippen LogP contribution in [0.15, 0.2) is 30.5 Å². The molecule has 0 bridgehead atoms. The Morgan fingerprint density at radius 2 is 1.94 bits per heavy atom. The fraction of sp³-hybridized carbons (Fsp3) is 0.154. The van der Waals surface area contributed by atoms with Crippen molar-refractivity contribution in [3.05, 3.63) is 51.6 Å². The summed E-state index contributed by atoms with van der Waals surface area (Å²) in [4.78, 5) is 4.12. The second-order valence-corrected chi connectivity index (χ2v) is 4.86. The van der Waals surface area contributed by atoms with E-state index in [1.54, 1.807) is 24.4 Å². The molecule has 2 nitrogen and oxygen atoms in total. The summed E-state index contributed by atoms with van der Waals surface area (Å²) >= 11 is 17.7. The predicted octanol–water partition coefficient (Wildman–Crippen LogP) is 5.23. The van der Waals surface area contributed by atoms with Crippen LogP contribution in [0.3, 0.4) is 0 Å². The average Bonchev–Trinajstić information content (AvgIpc) is 2.36. The van der Waals surface area contributed by atoms with E-state index in [0.717, 1.165) is 11.1 Å². The lowest BCUT2D eigenvalue weighted by Crippen LogP contribution is -1.91. The molecular weight excluding hydrogens is 293 g/mol. The first-order chi connectivity index (χ1) is 8.60. The molecule has 0 radical (unpaired) electrons. The van der Waals surface area contributed by atoms with E-state index in [9.17, 15) is 0 Å². The van der Waals surface area contributed by atoms with Gasteiger partial charge in [0.25, 0.3) is 0 Å². The number of nitrogens with zero attached hydrogens (tertiary/aromatic N) is 1. The molecule has 2 aromatic rings. The minimum absolute atomic E-state index is 0.354. The summed E-state index contributed by atoms with van der Waals surface area (Å²) in [6.07, 6.45) is 1.64. The van der Waals surface area contributed by atoms with Crippen molar-refractivity contribution in [2.45, 2.75) is 12.8 Å². The van der Waals surface area contributed by atoms with Crippen LogP contribution in [-0.4, -0.2) is 4.98 Å². The van der Waals surface area contributed by atoms with E-state index in [-0.39, 0.29) is 0 Å². The molecule has 2 rings (SSSR count). The summed E-state index contributed by atoms with van der Waals surface area (Å²) in [5.74, 6) is 1.37. The van der Waals surface area contributed by atoms with E-state index in [1.807, 2.05) is 13.0 Å². The van der Waals surface area contributed by atoms with Gasteiger partial charge in [0, 0.05) is 17.1 Å². The maximum atomic E-state index is 6.06. The van der Waals surface area contributed by atoms with Crippen LogP contribution in [0.4, 0.5) is 0 Å². The van der Waals surface area contributed by atoms with Crippen LogP contribution in [0, 0.1) is 6.92 Å². The van der Waals surface area contributed by atoms with E-state index in [1.165, 1.54) is 0 Å². The molecular formula is C13H10Cl3NO. The zero-order valence-corrected chi connectivity index (χ0v) is 11.9. The number of pyridine rings is 1. The molecule has 0 fully saturated rings. The Balaban J connectivity index is 2.25. The summed E-state index contributed by atoms with van der Waals surface area (Å²) < 4.78 is 5.60. The van der Waals surface area contributed by atoms with Gasteiger partial charge < -0.3 is 4.74 Å². The minimum Gasteiger partial charge on any atom is -0.438 e. The number of ether oxygens (including phenoxy) is 1. The number of hydrogen-bond acceptors (Lipinski definition) is 2. The lowest BCUT2D eigenvalue weighted by atomic mass is 10.2. The van der Waals surface area contributed by atoms with Gasteiger partial charge in [0.1, 0.15) is 10.8 Å². The van der Waals surface area contributed by atoms with E-state index >= 15 is 0 Å². The number of halogens is 3. The van der Waals surface area contributed by atoms with E-state index in [2.05, 4.69) is 4.98 Å². The van der Waals surface area contributed by atoms with Crippen molar-refractivity contribution in [3.8, 4) is 11.6 Å². The van der Waals surface area contributed by atoms with Crippen LogP contribution in [-0.2, 0) is 5.88 Å². The highest BCUT2D eigenvalue weighted by atomic mass is 35.5. The summed E-state index contributed by atoms with van der Waals surface area (Å²) in [5, 5.41) is 1.12. The van der Waals surface area contributed by atoms with Gasteiger partial charge in [-0.3, -0.25) is 0 Å². The van der Waals surface area contributed by atoms with Crippen molar-refractivity contribution in [2.24, 2.45) is 0 Å². The minimum atomic E-state index is 0.354. The van der Waals surface area contributed by atoms with Gasteiger partial charge in [0.2, 0.25) is 5.88 Å². The largest absolute Gasteiger partial charge is 0.438 e. The van der Waals surface area contributed by atoms with Gasteiger partial charge >= 0.3 is 0 Å². The maximum absolute atomic E-state index is 6.06. The molecule has 18 heavy (non-hydrogen) atoms. The van der Waals surface area contributed by atoms with Crippen molar-refractivity contribution >= 4 is 34.8 Å². The lowest BCUT2D eigenvalue weighted by molar-refractivity contribution is 0.462. The number of aryl methyl sites for hydroxylation is 1. The van der Waals surface area contributed by atoms with Gasteiger partial charge in [-0.15, -0.1) is 11.6 Å². The van der Waals surface area contributed by atoms with E-state index in [0.29, 0.717) is 27.6 Å². The molecule has 0 aliphatic heterocycles. The van der Waals surface area contributed by atoms with Crippen LogP contribution >= 0.6 is 34.8 Å².